The third-order valence-electron chi connectivity index (χ3n) is 5.89. The van der Waals surface area contributed by atoms with Crippen molar-refractivity contribution in [2.45, 2.75) is 45.4 Å². The van der Waals surface area contributed by atoms with E-state index in [9.17, 15) is 9.59 Å². The Morgan fingerprint density at radius 1 is 1.48 bits per heavy atom. The minimum absolute atomic E-state index is 0.0461. The van der Waals surface area contributed by atoms with Crippen LogP contribution in [0.25, 0.3) is 0 Å². The molecule has 1 spiro atoms. The summed E-state index contributed by atoms with van der Waals surface area (Å²) in [5, 5.41) is 3.86. The van der Waals surface area contributed by atoms with E-state index >= 15 is 0 Å². The first kappa shape index (κ1) is 18.2. The fraction of sp³-hybridized carbons (Fsp3) is 0.650. The van der Waals surface area contributed by atoms with Crippen molar-refractivity contribution in [3.63, 3.8) is 0 Å². The standard InChI is InChI=1S/C20H27N3O4/c1-12(2)6-8-23-11-20-7-5-15(26-20)16(17(20)19(23)25)18(24)22(4)10-14-9-13(3)21-27-14/h5,7,9,12,15-17H,6,8,10-11H2,1-4H3/t15-,16-,17-,20-/m0/s1. The van der Waals surface area contributed by atoms with Gasteiger partial charge >= 0.3 is 0 Å². The Morgan fingerprint density at radius 2 is 2.26 bits per heavy atom. The van der Waals surface area contributed by atoms with Gasteiger partial charge in [0.25, 0.3) is 0 Å². The lowest BCUT2D eigenvalue weighted by atomic mass is 9.76. The predicted octanol–water partition coefficient (Wildman–Crippen LogP) is 1.77. The van der Waals surface area contributed by atoms with Crippen molar-refractivity contribution in [1.82, 2.24) is 15.0 Å². The van der Waals surface area contributed by atoms with Gasteiger partial charge in [-0.15, -0.1) is 0 Å². The highest BCUT2D eigenvalue weighted by Crippen LogP contribution is 2.52. The number of aromatic nitrogens is 1. The molecule has 4 heterocycles. The molecule has 2 amide bonds. The predicted molar refractivity (Wildman–Crippen MR) is 97.5 cm³/mol. The highest BCUT2D eigenvalue weighted by atomic mass is 16.5. The van der Waals surface area contributed by atoms with Crippen LogP contribution in [0, 0.1) is 24.7 Å². The first-order valence-electron chi connectivity index (χ1n) is 9.64. The third-order valence-corrected chi connectivity index (χ3v) is 5.89. The average molecular weight is 373 g/mol. The van der Waals surface area contributed by atoms with Crippen LogP contribution in [0.4, 0.5) is 0 Å². The largest absolute Gasteiger partial charge is 0.360 e. The molecule has 2 bridgehead atoms. The molecule has 0 N–H and O–H groups in total. The van der Waals surface area contributed by atoms with E-state index in [1.165, 1.54) is 0 Å². The van der Waals surface area contributed by atoms with Crippen molar-refractivity contribution in [3.8, 4) is 0 Å². The van der Waals surface area contributed by atoms with Crippen molar-refractivity contribution in [2.24, 2.45) is 17.8 Å². The Bertz CT molecular complexity index is 786. The normalized spacial score (nSPS) is 31.2. The molecule has 3 aliphatic heterocycles. The molecular weight excluding hydrogens is 346 g/mol. The number of fused-ring (bicyclic) bond motifs is 1. The molecule has 1 aromatic rings. The van der Waals surface area contributed by atoms with Gasteiger partial charge < -0.3 is 19.1 Å². The second-order valence-corrected chi connectivity index (χ2v) is 8.47. The van der Waals surface area contributed by atoms with E-state index in [1.807, 2.05) is 30.0 Å². The van der Waals surface area contributed by atoms with Gasteiger partial charge in [0.15, 0.2) is 5.76 Å². The van der Waals surface area contributed by atoms with Crippen molar-refractivity contribution >= 4 is 11.8 Å². The molecule has 4 atom stereocenters. The molecular formula is C20H27N3O4. The molecule has 4 rings (SSSR count). The van der Waals surface area contributed by atoms with Crippen LogP contribution in [0.3, 0.4) is 0 Å². The van der Waals surface area contributed by atoms with E-state index in [2.05, 4.69) is 19.0 Å². The average Bonchev–Trinajstić information content (AvgIpc) is 3.34. The van der Waals surface area contributed by atoms with Crippen LogP contribution in [0.15, 0.2) is 22.7 Å². The number of aryl methyl sites for hydroxylation is 1. The Kier molecular flexibility index (Phi) is 4.37. The number of hydrogen-bond donors (Lipinski definition) is 0. The molecule has 3 aliphatic rings. The van der Waals surface area contributed by atoms with Crippen LogP contribution in [0.2, 0.25) is 0 Å². The molecule has 1 aromatic heterocycles. The Balaban J connectivity index is 1.51. The maximum atomic E-state index is 13.2. The SMILES string of the molecule is Cc1cc(CN(C)C(=O)[C@H]2[C@@H]3C=C[C@@]4(CN(CCC(C)C)C(=O)[C@H]24)O3)on1. The molecule has 7 heteroatoms. The molecule has 0 aromatic carbocycles. The van der Waals surface area contributed by atoms with Gasteiger partial charge in [0.05, 0.1) is 36.7 Å². The Morgan fingerprint density at radius 3 is 2.93 bits per heavy atom. The number of carbonyl (C=O) groups excluding carboxylic acids is 2. The minimum Gasteiger partial charge on any atom is -0.360 e. The second-order valence-electron chi connectivity index (χ2n) is 8.47. The summed E-state index contributed by atoms with van der Waals surface area (Å²) in [6.45, 7) is 7.73. The quantitative estimate of drug-likeness (QED) is 0.711. The zero-order valence-corrected chi connectivity index (χ0v) is 16.3. The number of ether oxygens (including phenoxy) is 1. The monoisotopic (exact) mass is 373 g/mol. The zero-order chi connectivity index (χ0) is 19.3. The molecule has 2 fully saturated rings. The van der Waals surface area contributed by atoms with Gasteiger partial charge in [0.1, 0.15) is 5.60 Å². The Labute approximate surface area is 159 Å². The topological polar surface area (TPSA) is 75.9 Å². The smallest absolute Gasteiger partial charge is 0.230 e. The maximum absolute atomic E-state index is 13.2. The van der Waals surface area contributed by atoms with Crippen molar-refractivity contribution in [3.05, 3.63) is 29.7 Å². The second kappa shape index (κ2) is 6.48. The van der Waals surface area contributed by atoms with Gasteiger partial charge in [-0.05, 0) is 19.3 Å². The van der Waals surface area contributed by atoms with Gasteiger partial charge in [-0.1, -0.05) is 31.2 Å². The van der Waals surface area contributed by atoms with Crippen LogP contribution >= 0.6 is 0 Å². The number of amides is 2. The molecule has 0 aliphatic carbocycles. The van der Waals surface area contributed by atoms with Crippen LogP contribution < -0.4 is 0 Å². The van der Waals surface area contributed by atoms with Gasteiger partial charge in [-0.3, -0.25) is 9.59 Å². The van der Waals surface area contributed by atoms with E-state index in [0.29, 0.717) is 31.3 Å². The molecule has 27 heavy (non-hydrogen) atoms. The summed E-state index contributed by atoms with van der Waals surface area (Å²) in [6.07, 6.45) is 4.58. The molecule has 146 valence electrons. The van der Waals surface area contributed by atoms with Crippen LogP contribution in [0.5, 0.6) is 0 Å². The fourth-order valence-corrected chi connectivity index (χ4v) is 4.52. The highest BCUT2D eigenvalue weighted by molar-refractivity contribution is 5.92. The molecule has 2 saturated heterocycles. The minimum atomic E-state index is -0.636. The summed E-state index contributed by atoms with van der Waals surface area (Å²) in [7, 11) is 1.73. The summed E-state index contributed by atoms with van der Waals surface area (Å²) >= 11 is 0. The van der Waals surface area contributed by atoms with E-state index < -0.39 is 17.4 Å². The number of nitrogens with zero attached hydrogens (tertiary/aromatic N) is 3. The maximum Gasteiger partial charge on any atom is 0.230 e. The fourth-order valence-electron chi connectivity index (χ4n) is 4.52. The van der Waals surface area contributed by atoms with Crippen LogP contribution in [0.1, 0.15) is 31.7 Å². The van der Waals surface area contributed by atoms with Gasteiger partial charge in [0.2, 0.25) is 11.8 Å². The zero-order valence-electron chi connectivity index (χ0n) is 16.3. The van der Waals surface area contributed by atoms with Gasteiger partial charge in [-0.25, -0.2) is 0 Å². The summed E-state index contributed by atoms with van der Waals surface area (Å²) in [5.41, 5.74) is 0.144. The molecule has 0 radical (unpaired) electrons. The lowest BCUT2D eigenvalue weighted by Crippen LogP contribution is -2.44. The van der Waals surface area contributed by atoms with Crippen molar-refractivity contribution in [2.75, 3.05) is 20.1 Å². The Hall–Kier alpha value is -2.15. The summed E-state index contributed by atoms with van der Waals surface area (Å²) in [4.78, 5) is 29.8. The van der Waals surface area contributed by atoms with Crippen LogP contribution in [-0.4, -0.2) is 58.6 Å². The lowest BCUT2D eigenvalue weighted by Gasteiger charge is -2.27. The van der Waals surface area contributed by atoms with Gasteiger partial charge in [-0.2, -0.15) is 0 Å². The van der Waals surface area contributed by atoms with E-state index in [0.717, 1.165) is 12.1 Å². The van der Waals surface area contributed by atoms with Gasteiger partial charge in [0, 0.05) is 19.7 Å². The third kappa shape index (κ3) is 2.98. The number of rotatable bonds is 6. The van der Waals surface area contributed by atoms with Crippen molar-refractivity contribution in [1.29, 1.82) is 0 Å². The van der Waals surface area contributed by atoms with E-state index in [-0.39, 0.29) is 17.9 Å². The van der Waals surface area contributed by atoms with E-state index in [1.54, 1.807) is 11.9 Å². The number of carbonyl (C=O) groups is 2. The summed E-state index contributed by atoms with van der Waals surface area (Å²) < 4.78 is 11.4. The summed E-state index contributed by atoms with van der Waals surface area (Å²) in [6, 6.07) is 1.82. The molecule has 0 saturated carbocycles. The first-order valence-corrected chi connectivity index (χ1v) is 9.64. The summed E-state index contributed by atoms with van der Waals surface area (Å²) in [5.74, 6) is 0.229. The van der Waals surface area contributed by atoms with Crippen LogP contribution in [-0.2, 0) is 20.9 Å². The molecule has 7 nitrogen and oxygen atoms in total. The molecule has 0 unspecified atom stereocenters. The number of likely N-dealkylation sites (tertiary alicyclic amines) is 1. The van der Waals surface area contributed by atoms with Crippen molar-refractivity contribution < 1.29 is 18.8 Å². The van der Waals surface area contributed by atoms with E-state index in [4.69, 9.17) is 9.26 Å². The highest BCUT2D eigenvalue weighted by Gasteiger charge is 2.66. The number of hydrogen-bond acceptors (Lipinski definition) is 5. The first-order chi connectivity index (χ1) is 12.8. The lowest BCUT2D eigenvalue weighted by molar-refractivity contribution is -0.142.